The van der Waals surface area contributed by atoms with Gasteiger partial charge in [0.25, 0.3) is 0 Å². The van der Waals surface area contributed by atoms with E-state index in [-0.39, 0.29) is 11.8 Å². The maximum atomic E-state index is 11.3. The molecule has 0 saturated heterocycles. The normalized spacial score (nSPS) is 12.5. The zero-order chi connectivity index (χ0) is 11.4. The molecular formula is C13H19NO. The number of likely N-dealkylation sites (N-methyl/N-ethyl adjacent to an activating group) is 1. The fraction of sp³-hybridized carbons (Fsp3) is 0.462. The summed E-state index contributed by atoms with van der Waals surface area (Å²) in [5.74, 6) is 0.193. The second-order valence-electron chi connectivity index (χ2n) is 4.02. The second-order valence-corrected chi connectivity index (χ2v) is 4.02. The Bertz CT molecular complexity index is 358. The average molecular weight is 205 g/mol. The smallest absolute Gasteiger partial charge is 0.147 e. The van der Waals surface area contributed by atoms with Crippen LogP contribution in [0.3, 0.4) is 0 Å². The molecule has 0 aromatic heterocycles. The molecule has 2 heteroatoms. The molecule has 0 radical (unpaired) electrons. The summed E-state index contributed by atoms with van der Waals surface area (Å²) in [5.41, 5.74) is 3.83. The zero-order valence-corrected chi connectivity index (χ0v) is 9.92. The summed E-state index contributed by atoms with van der Waals surface area (Å²) in [4.78, 5) is 11.3. The van der Waals surface area contributed by atoms with Crippen molar-refractivity contribution in [2.24, 2.45) is 0 Å². The molecule has 1 rings (SSSR count). The van der Waals surface area contributed by atoms with Gasteiger partial charge in [-0.1, -0.05) is 18.2 Å². The van der Waals surface area contributed by atoms with Gasteiger partial charge in [0.05, 0.1) is 6.04 Å². The van der Waals surface area contributed by atoms with Crippen LogP contribution in [0.1, 0.15) is 23.6 Å². The van der Waals surface area contributed by atoms with E-state index in [2.05, 4.69) is 31.3 Å². The molecule has 0 unspecified atom stereocenters. The van der Waals surface area contributed by atoms with Crippen molar-refractivity contribution in [3.8, 4) is 0 Å². The number of carbonyl (C=O) groups excluding carboxylic acids is 1. The van der Waals surface area contributed by atoms with E-state index in [0.29, 0.717) is 0 Å². The van der Waals surface area contributed by atoms with Crippen LogP contribution in [0.2, 0.25) is 0 Å². The van der Waals surface area contributed by atoms with Gasteiger partial charge in [-0.2, -0.15) is 0 Å². The van der Waals surface area contributed by atoms with Crippen LogP contribution in [-0.2, 0) is 11.2 Å². The maximum absolute atomic E-state index is 11.3. The fourth-order valence-corrected chi connectivity index (χ4v) is 1.70. The quantitative estimate of drug-likeness (QED) is 0.814. The third-order valence-corrected chi connectivity index (χ3v) is 2.98. The third kappa shape index (κ3) is 2.90. The molecule has 0 aliphatic heterocycles. The number of aryl methyl sites for hydroxylation is 1. The summed E-state index contributed by atoms with van der Waals surface area (Å²) in [7, 11) is 1.83. The minimum atomic E-state index is -0.0644. The van der Waals surface area contributed by atoms with Crippen LogP contribution < -0.4 is 5.32 Å². The van der Waals surface area contributed by atoms with Gasteiger partial charge in [-0.25, -0.2) is 0 Å². The van der Waals surface area contributed by atoms with E-state index in [1.165, 1.54) is 16.7 Å². The van der Waals surface area contributed by atoms with Gasteiger partial charge >= 0.3 is 0 Å². The Hall–Kier alpha value is -1.15. The van der Waals surface area contributed by atoms with Crippen molar-refractivity contribution in [1.82, 2.24) is 5.32 Å². The molecule has 1 aromatic carbocycles. The van der Waals surface area contributed by atoms with Crippen LogP contribution in [0, 0.1) is 13.8 Å². The molecule has 0 fully saturated rings. The summed E-state index contributed by atoms with van der Waals surface area (Å²) >= 11 is 0. The Morgan fingerprint density at radius 3 is 2.60 bits per heavy atom. The largest absolute Gasteiger partial charge is 0.310 e. The van der Waals surface area contributed by atoms with Gasteiger partial charge in [0.1, 0.15) is 5.78 Å². The van der Waals surface area contributed by atoms with Crippen molar-refractivity contribution in [3.05, 3.63) is 34.9 Å². The van der Waals surface area contributed by atoms with Crippen molar-refractivity contribution < 1.29 is 4.79 Å². The fourth-order valence-electron chi connectivity index (χ4n) is 1.70. The zero-order valence-electron chi connectivity index (χ0n) is 9.92. The average Bonchev–Trinajstić information content (AvgIpc) is 2.19. The number of carbonyl (C=O) groups is 1. The second kappa shape index (κ2) is 5.08. The van der Waals surface area contributed by atoms with Crippen LogP contribution in [0.4, 0.5) is 0 Å². The van der Waals surface area contributed by atoms with E-state index < -0.39 is 0 Å². The van der Waals surface area contributed by atoms with E-state index in [0.717, 1.165) is 6.42 Å². The molecule has 1 aromatic rings. The molecule has 0 spiro atoms. The lowest BCUT2D eigenvalue weighted by atomic mass is 9.96. The number of nitrogens with one attached hydrogen (secondary N) is 1. The number of rotatable bonds is 4. The van der Waals surface area contributed by atoms with Crippen LogP contribution >= 0.6 is 0 Å². The van der Waals surface area contributed by atoms with Gasteiger partial charge in [0, 0.05) is 0 Å². The molecule has 0 bridgehead atoms. The summed E-state index contributed by atoms with van der Waals surface area (Å²) in [6.07, 6.45) is 0.777. The van der Waals surface area contributed by atoms with Crippen LogP contribution in [0.15, 0.2) is 18.2 Å². The Kier molecular flexibility index (Phi) is 4.04. The summed E-state index contributed by atoms with van der Waals surface area (Å²) in [6, 6.07) is 6.17. The van der Waals surface area contributed by atoms with Crippen molar-refractivity contribution in [1.29, 1.82) is 0 Å². The summed E-state index contributed by atoms with van der Waals surface area (Å²) in [6.45, 7) is 5.84. The SMILES string of the molecule is CN[C@@H](Cc1cccc(C)c1C)C(C)=O. The first-order chi connectivity index (χ1) is 7.06. The molecule has 0 heterocycles. The van der Waals surface area contributed by atoms with Crippen molar-refractivity contribution in [2.75, 3.05) is 7.05 Å². The lowest BCUT2D eigenvalue weighted by Crippen LogP contribution is -2.34. The van der Waals surface area contributed by atoms with Gasteiger partial charge in [0.15, 0.2) is 0 Å². The molecule has 15 heavy (non-hydrogen) atoms. The van der Waals surface area contributed by atoms with E-state index in [1.54, 1.807) is 6.92 Å². The van der Waals surface area contributed by atoms with Crippen LogP contribution in [0.25, 0.3) is 0 Å². The van der Waals surface area contributed by atoms with E-state index in [1.807, 2.05) is 13.1 Å². The maximum Gasteiger partial charge on any atom is 0.147 e. The lowest BCUT2D eigenvalue weighted by Gasteiger charge is -2.15. The molecule has 2 nitrogen and oxygen atoms in total. The first kappa shape index (κ1) is 11.9. The van der Waals surface area contributed by atoms with Crippen LogP contribution in [-0.4, -0.2) is 18.9 Å². The Morgan fingerprint density at radius 2 is 2.07 bits per heavy atom. The number of Topliss-reactive ketones (excluding diaryl/α,β-unsaturated/α-hetero) is 1. The van der Waals surface area contributed by atoms with E-state index >= 15 is 0 Å². The number of benzene rings is 1. The lowest BCUT2D eigenvalue weighted by molar-refractivity contribution is -0.118. The Balaban J connectivity index is 2.88. The van der Waals surface area contributed by atoms with Crippen molar-refractivity contribution in [3.63, 3.8) is 0 Å². The molecule has 0 amide bonds. The minimum Gasteiger partial charge on any atom is -0.310 e. The van der Waals surface area contributed by atoms with Gasteiger partial charge in [-0.15, -0.1) is 0 Å². The highest BCUT2D eigenvalue weighted by molar-refractivity contribution is 5.81. The molecule has 0 aliphatic rings. The van der Waals surface area contributed by atoms with Gasteiger partial charge in [-0.3, -0.25) is 4.79 Å². The predicted molar refractivity (Wildman–Crippen MR) is 63.1 cm³/mol. The number of hydrogen-bond acceptors (Lipinski definition) is 2. The van der Waals surface area contributed by atoms with Gasteiger partial charge < -0.3 is 5.32 Å². The van der Waals surface area contributed by atoms with E-state index in [4.69, 9.17) is 0 Å². The minimum absolute atomic E-state index is 0.0644. The Labute approximate surface area is 91.7 Å². The highest BCUT2D eigenvalue weighted by atomic mass is 16.1. The van der Waals surface area contributed by atoms with Gasteiger partial charge in [0.2, 0.25) is 0 Å². The molecule has 82 valence electrons. The topological polar surface area (TPSA) is 29.1 Å². The molecule has 0 saturated carbocycles. The number of hydrogen-bond donors (Lipinski definition) is 1. The van der Waals surface area contributed by atoms with E-state index in [9.17, 15) is 4.79 Å². The highest BCUT2D eigenvalue weighted by Gasteiger charge is 2.13. The standard InChI is InChI=1S/C13H19NO/c1-9-6-5-7-12(10(9)2)8-13(14-4)11(3)15/h5-7,13-14H,8H2,1-4H3/t13-/m0/s1. The monoisotopic (exact) mass is 205 g/mol. The highest BCUT2D eigenvalue weighted by Crippen LogP contribution is 2.14. The molecule has 1 N–H and O–H groups in total. The van der Waals surface area contributed by atoms with Gasteiger partial charge in [-0.05, 0) is 50.9 Å². The predicted octanol–water partition coefficient (Wildman–Crippen LogP) is 2.02. The molecular weight excluding hydrogens is 186 g/mol. The first-order valence-corrected chi connectivity index (χ1v) is 5.29. The summed E-state index contributed by atoms with van der Waals surface area (Å²) in [5, 5.41) is 3.05. The Morgan fingerprint density at radius 1 is 1.40 bits per heavy atom. The summed E-state index contributed by atoms with van der Waals surface area (Å²) < 4.78 is 0. The number of ketones is 1. The first-order valence-electron chi connectivity index (χ1n) is 5.29. The molecule has 0 aliphatic carbocycles. The van der Waals surface area contributed by atoms with Crippen LogP contribution in [0.5, 0.6) is 0 Å². The van der Waals surface area contributed by atoms with Crippen molar-refractivity contribution in [2.45, 2.75) is 33.2 Å². The molecule has 1 atom stereocenters. The van der Waals surface area contributed by atoms with Crippen molar-refractivity contribution >= 4 is 5.78 Å². The third-order valence-electron chi connectivity index (χ3n) is 2.98.